The molecule has 8 heteroatoms. The second kappa shape index (κ2) is 25.0. The predicted molar refractivity (Wildman–Crippen MR) is 116 cm³/mol. The maximum absolute atomic E-state index is 11.6. The van der Waals surface area contributed by atoms with E-state index in [4.69, 9.17) is 13.8 Å². The highest BCUT2D eigenvalue weighted by molar-refractivity contribution is 8.13. The van der Waals surface area contributed by atoms with E-state index < -0.39 is 8.53 Å². The molecule has 0 spiro atoms. The number of hydrogen-bond acceptors (Lipinski definition) is 7. The van der Waals surface area contributed by atoms with E-state index in [0.29, 0.717) is 18.5 Å². The molecule has 160 valence electrons. The van der Waals surface area contributed by atoms with Crippen molar-refractivity contribution in [3.05, 3.63) is 0 Å². The molecule has 0 saturated carbocycles. The second-order valence-corrected chi connectivity index (χ2v) is 7.99. The Morgan fingerprint density at radius 3 is 1.92 bits per heavy atom. The van der Waals surface area contributed by atoms with Crippen LogP contribution in [0.2, 0.25) is 0 Å². The third kappa shape index (κ3) is 28.8. The maximum Gasteiger partial charge on any atom is 0.255 e. The number of ether oxygens (including phenoxy) is 1. The molecule has 0 heterocycles. The van der Waals surface area contributed by atoms with Crippen LogP contribution in [0, 0.1) is 5.41 Å². The van der Waals surface area contributed by atoms with E-state index in [2.05, 4.69) is 5.09 Å². The van der Waals surface area contributed by atoms with Gasteiger partial charge < -0.3 is 18.6 Å². The summed E-state index contributed by atoms with van der Waals surface area (Å²) in [6, 6.07) is 0. The van der Waals surface area contributed by atoms with E-state index in [0.717, 1.165) is 6.29 Å². The molecule has 0 bridgehead atoms. The van der Waals surface area contributed by atoms with Gasteiger partial charge in [0.25, 0.3) is 8.53 Å². The van der Waals surface area contributed by atoms with Crippen molar-refractivity contribution in [3.8, 4) is 0 Å². The number of aldehydes is 1. The molecule has 0 aromatic heterocycles. The monoisotopic (exact) mass is 415 g/mol. The normalized spacial score (nSPS) is 11.1. The molecule has 1 N–H and O–H groups in total. The molecule has 1 unspecified atom stereocenters. The van der Waals surface area contributed by atoms with Crippen LogP contribution in [0.25, 0.3) is 0 Å². The highest BCUT2D eigenvalue weighted by Gasteiger charge is 2.21. The topological polar surface area (TPSA) is 73.9 Å². The number of carbonyl (C=O) groups excluding carboxylic acids is 2. The summed E-state index contributed by atoms with van der Waals surface area (Å²) in [5.74, 6) is 0.584. The van der Waals surface area contributed by atoms with Gasteiger partial charge in [-0.3, -0.25) is 4.79 Å². The van der Waals surface area contributed by atoms with Crippen molar-refractivity contribution in [2.24, 2.45) is 5.41 Å². The Morgan fingerprint density at radius 1 is 1.15 bits per heavy atom. The number of hydrogen-bond donors (Lipinski definition) is 1. The molecule has 0 aromatic carbocycles. The van der Waals surface area contributed by atoms with Gasteiger partial charge in [-0.1, -0.05) is 60.2 Å². The van der Waals surface area contributed by atoms with Gasteiger partial charge in [-0.25, -0.2) is 5.09 Å². The average Bonchev–Trinajstić information content (AvgIpc) is 2.63. The molecule has 0 aliphatic carbocycles. The number of rotatable bonds is 9. The molecule has 0 saturated heterocycles. The summed E-state index contributed by atoms with van der Waals surface area (Å²) in [5, 5.41) is 2.94. The van der Waals surface area contributed by atoms with Crippen molar-refractivity contribution in [2.45, 2.75) is 68.4 Å². The number of nitrogens with one attached hydrogen (secondary N) is 1. The first-order valence-corrected chi connectivity index (χ1v) is 11.2. The first-order chi connectivity index (χ1) is 12.2. The standard InChI is InChI=1S/C10H20NO4PS.C4H10O.2C2H6/c1-10(2,3)9(13)17-8-7-15-16(14-4)11-5-6-12;1-4(2)5-3;2*1-2/h6,11H,5,7-8H2,1-4H3;4H,1-3H3;2*1-2H3. The molecule has 0 fully saturated rings. The van der Waals surface area contributed by atoms with Crippen molar-refractivity contribution in [1.82, 2.24) is 5.09 Å². The quantitative estimate of drug-likeness (QED) is 0.320. The maximum atomic E-state index is 11.6. The Balaban J connectivity index is -0.000000226. The van der Waals surface area contributed by atoms with Gasteiger partial charge in [0.1, 0.15) is 6.29 Å². The lowest BCUT2D eigenvalue weighted by atomic mass is 10.00. The molecular weight excluding hydrogens is 373 g/mol. The smallest absolute Gasteiger partial charge is 0.255 e. The fraction of sp³-hybridized carbons (Fsp3) is 0.889. The van der Waals surface area contributed by atoms with Gasteiger partial charge in [-0.2, -0.15) is 0 Å². The molecule has 0 radical (unpaired) electrons. The fourth-order valence-electron chi connectivity index (χ4n) is 0.746. The zero-order valence-corrected chi connectivity index (χ0v) is 20.4. The van der Waals surface area contributed by atoms with Crippen LogP contribution < -0.4 is 5.09 Å². The number of methoxy groups -OCH3 is 1. The summed E-state index contributed by atoms with van der Waals surface area (Å²) >= 11 is 1.25. The molecule has 0 rings (SSSR count). The minimum atomic E-state index is -1.23. The molecule has 0 aliphatic rings. The van der Waals surface area contributed by atoms with E-state index in [1.807, 2.05) is 62.3 Å². The van der Waals surface area contributed by atoms with Crippen LogP contribution in [-0.4, -0.2) is 50.6 Å². The van der Waals surface area contributed by atoms with Gasteiger partial charge in [0, 0.05) is 25.4 Å². The Hall–Kier alpha value is -0.0400. The number of thioether (sulfide) groups is 1. The highest BCUT2D eigenvalue weighted by atomic mass is 32.2. The summed E-state index contributed by atoms with van der Waals surface area (Å²) in [6.07, 6.45) is 1.13. The number of carbonyl (C=O) groups is 2. The van der Waals surface area contributed by atoms with Crippen molar-refractivity contribution in [1.29, 1.82) is 0 Å². The largest absolute Gasteiger partial charge is 0.382 e. The zero-order chi connectivity index (χ0) is 21.6. The molecule has 0 aromatic rings. The first kappa shape index (κ1) is 33.5. The van der Waals surface area contributed by atoms with Crippen LogP contribution in [0.1, 0.15) is 62.3 Å². The summed E-state index contributed by atoms with van der Waals surface area (Å²) < 4.78 is 15.1. The lowest BCUT2D eigenvalue weighted by Gasteiger charge is -2.17. The Morgan fingerprint density at radius 2 is 1.62 bits per heavy atom. The summed E-state index contributed by atoms with van der Waals surface area (Å²) in [7, 11) is 1.98. The van der Waals surface area contributed by atoms with Gasteiger partial charge in [0.05, 0.1) is 19.3 Å². The fourth-order valence-corrected chi connectivity index (χ4v) is 2.46. The van der Waals surface area contributed by atoms with Crippen molar-refractivity contribution in [2.75, 3.05) is 33.1 Å². The summed E-state index contributed by atoms with van der Waals surface area (Å²) in [6.45, 7) is 18.3. The van der Waals surface area contributed by atoms with E-state index in [1.165, 1.54) is 18.9 Å². The molecule has 0 aliphatic heterocycles. The van der Waals surface area contributed by atoms with Crippen LogP contribution in [0.5, 0.6) is 0 Å². The van der Waals surface area contributed by atoms with Crippen LogP contribution in [0.3, 0.4) is 0 Å². The van der Waals surface area contributed by atoms with Gasteiger partial charge >= 0.3 is 0 Å². The predicted octanol–water partition coefficient (Wildman–Crippen LogP) is 5.06. The van der Waals surface area contributed by atoms with Gasteiger partial charge in [0.15, 0.2) is 5.12 Å². The lowest BCUT2D eigenvalue weighted by Crippen LogP contribution is -2.18. The van der Waals surface area contributed by atoms with Crippen LogP contribution in [0.15, 0.2) is 0 Å². The first-order valence-electron chi connectivity index (χ1n) is 9.03. The lowest BCUT2D eigenvalue weighted by molar-refractivity contribution is -0.117. The van der Waals surface area contributed by atoms with E-state index in [1.54, 1.807) is 7.11 Å². The molecule has 1 atom stereocenters. The summed E-state index contributed by atoms with van der Waals surface area (Å²) in [4.78, 5) is 21.7. The minimum absolute atomic E-state index is 0.142. The highest BCUT2D eigenvalue weighted by Crippen LogP contribution is 2.32. The van der Waals surface area contributed by atoms with Crippen molar-refractivity contribution < 1.29 is 23.4 Å². The second-order valence-electron chi connectivity index (χ2n) is 5.47. The molecule has 26 heavy (non-hydrogen) atoms. The van der Waals surface area contributed by atoms with Crippen LogP contribution in [-0.2, 0) is 23.4 Å². The van der Waals surface area contributed by atoms with Crippen molar-refractivity contribution >= 4 is 31.7 Å². The summed E-state index contributed by atoms with van der Waals surface area (Å²) in [5.41, 5.74) is -0.327. The van der Waals surface area contributed by atoms with Gasteiger partial charge in [0.2, 0.25) is 0 Å². The van der Waals surface area contributed by atoms with Crippen LogP contribution in [0.4, 0.5) is 0 Å². The van der Waals surface area contributed by atoms with Crippen molar-refractivity contribution in [3.63, 3.8) is 0 Å². The molecular formula is C18H42NO5PS. The molecule has 6 nitrogen and oxygen atoms in total. The van der Waals surface area contributed by atoms with Gasteiger partial charge in [-0.05, 0) is 13.8 Å². The third-order valence-corrected chi connectivity index (χ3v) is 4.51. The van der Waals surface area contributed by atoms with E-state index >= 15 is 0 Å². The van der Waals surface area contributed by atoms with Crippen LogP contribution >= 0.6 is 20.3 Å². The van der Waals surface area contributed by atoms with E-state index in [-0.39, 0.29) is 17.1 Å². The SMILES string of the molecule is CC.CC.COC(C)C.COP(NCC=O)OCCSC(=O)C(C)(C)C. The Labute approximate surface area is 167 Å². The zero-order valence-electron chi connectivity index (χ0n) is 18.7. The Bertz CT molecular complexity index is 300. The minimum Gasteiger partial charge on any atom is -0.382 e. The Kier molecular flexibility index (Phi) is 32.2. The third-order valence-electron chi connectivity index (χ3n) is 2.08. The molecule has 0 amide bonds. The van der Waals surface area contributed by atoms with Gasteiger partial charge in [-0.15, -0.1) is 0 Å². The average molecular weight is 416 g/mol. The van der Waals surface area contributed by atoms with E-state index in [9.17, 15) is 9.59 Å².